The first-order chi connectivity index (χ1) is 12.1. The van der Waals surface area contributed by atoms with Gasteiger partial charge in [-0.15, -0.1) is 0 Å². The summed E-state index contributed by atoms with van der Waals surface area (Å²) in [6.07, 6.45) is -1.31. The molecule has 1 aliphatic heterocycles. The molecule has 158 valence electrons. The average Bonchev–Trinajstić information content (AvgIpc) is 2.85. The summed E-state index contributed by atoms with van der Waals surface area (Å²) in [5.74, 6) is -0.184. The van der Waals surface area contributed by atoms with E-state index in [0.717, 1.165) is 0 Å². The van der Waals surface area contributed by atoms with Gasteiger partial charge in [0.05, 0.1) is 6.42 Å². The molecule has 1 aliphatic rings. The molecule has 0 aliphatic carbocycles. The van der Waals surface area contributed by atoms with E-state index in [1.54, 1.807) is 0 Å². The highest BCUT2D eigenvalue weighted by Crippen LogP contribution is 2.46. The fourth-order valence-corrected chi connectivity index (χ4v) is 4.58. The molecule has 0 aromatic heterocycles. The molecule has 27 heavy (non-hydrogen) atoms. The molecular weight excluding hydrogens is 364 g/mol. The lowest BCUT2D eigenvalue weighted by atomic mass is 9.78. The van der Waals surface area contributed by atoms with Gasteiger partial charge in [0, 0.05) is 20.0 Å². The molecule has 1 fully saturated rings. The summed E-state index contributed by atoms with van der Waals surface area (Å²) < 4.78 is 11.9. The maximum atomic E-state index is 13.0. The van der Waals surface area contributed by atoms with E-state index in [1.807, 2.05) is 33.9 Å². The van der Waals surface area contributed by atoms with Gasteiger partial charge in [0.1, 0.15) is 11.7 Å². The first-order valence-corrected chi connectivity index (χ1v) is 12.5. The minimum atomic E-state index is -1.66. The largest absolute Gasteiger partial charge is 0.444 e. The summed E-state index contributed by atoms with van der Waals surface area (Å²) in [6.45, 7) is 16.2. The molecule has 0 aromatic carbocycles. The summed E-state index contributed by atoms with van der Waals surface area (Å²) in [6, 6.07) is 0. The first kappa shape index (κ1) is 23.9. The van der Waals surface area contributed by atoms with Crippen molar-refractivity contribution in [2.45, 2.75) is 84.9 Å². The van der Waals surface area contributed by atoms with Crippen molar-refractivity contribution < 1.29 is 23.9 Å². The van der Waals surface area contributed by atoms with Gasteiger partial charge in [0.2, 0.25) is 5.91 Å². The highest BCUT2D eigenvalue weighted by atomic mass is 28.3. The number of nitrogens with one attached hydrogen (secondary N) is 1. The van der Waals surface area contributed by atoms with Gasteiger partial charge in [-0.2, -0.15) is 0 Å². The normalized spacial score (nSPS) is 24.9. The van der Waals surface area contributed by atoms with Gasteiger partial charge in [-0.1, -0.05) is 20.8 Å². The van der Waals surface area contributed by atoms with Crippen molar-refractivity contribution in [2.75, 3.05) is 13.6 Å². The van der Waals surface area contributed by atoms with Gasteiger partial charge >= 0.3 is 6.09 Å². The zero-order chi connectivity index (χ0) is 21.2. The molecule has 2 amide bonds. The van der Waals surface area contributed by atoms with Crippen LogP contribution in [0.25, 0.3) is 0 Å². The summed E-state index contributed by atoms with van der Waals surface area (Å²) >= 11 is 0. The lowest BCUT2D eigenvalue weighted by Gasteiger charge is -2.43. The quantitative estimate of drug-likeness (QED) is 0.690. The molecule has 1 heterocycles. The van der Waals surface area contributed by atoms with Gasteiger partial charge in [-0.25, -0.2) is 4.79 Å². The Labute approximate surface area is 165 Å². The molecule has 0 spiro atoms. The number of aliphatic hydroxyl groups is 1. The van der Waals surface area contributed by atoms with Gasteiger partial charge in [-0.05, 0) is 45.2 Å². The molecule has 0 bridgehead atoms. The zero-order valence-electron chi connectivity index (χ0n) is 18.4. The van der Waals surface area contributed by atoms with Crippen LogP contribution in [0.4, 0.5) is 4.79 Å². The van der Waals surface area contributed by atoms with Crippen molar-refractivity contribution in [3.8, 4) is 0 Å². The maximum Gasteiger partial charge on any atom is 0.412 e. The number of hydrogen-bond acceptors (Lipinski definition) is 5. The average molecular weight is 403 g/mol. The lowest BCUT2D eigenvalue weighted by molar-refractivity contribution is -0.150. The Morgan fingerprint density at radius 2 is 1.81 bits per heavy atom. The van der Waals surface area contributed by atoms with Gasteiger partial charge in [0.25, 0.3) is 0 Å². The Kier molecular flexibility index (Phi) is 7.52. The minimum absolute atomic E-state index is 0.0867. The minimum Gasteiger partial charge on any atom is -0.444 e. The summed E-state index contributed by atoms with van der Waals surface area (Å²) in [5.41, 5.74) is -1.99. The molecule has 3 atom stereocenters. The topological polar surface area (TPSA) is 88.1 Å². The Morgan fingerprint density at radius 3 is 2.22 bits per heavy atom. The van der Waals surface area contributed by atoms with E-state index < -0.39 is 32.6 Å². The number of ether oxygens (including phenoxy) is 1. The standard InChI is InChI=1S/C19H38N2O5Si/c1-17(2,3)13-11-19(26-27(8)9,14(22)10-15(23)20-7)21(12-13)16(24)25-18(4,5)6/h13-14,22,27H,10-12H2,1-9H3,(H,20,23)/t13-,14+,19-/m0/s1. The molecule has 2 N–H and O–H groups in total. The van der Waals surface area contributed by atoms with E-state index in [-0.39, 0.29) is 23.7 Å². The number of likely N-dealkylation sites (tertiary alicyclic amines) is 1. The Bertz CT molecular complexity index is 541. The molecule has 1 saturated heterocycles. The van der Waals surface area contributed by atoms with Crippen molar-refractivity contribution >= 4 is 21.0 Å². The Hall–Kier alpha value is -1.12. The highest BCUT2D eigenvalue weighted by Gasteiger charge is 2.57. The van der Waals surface area contributed by atoms with Crippen LogP contribution in [0.1, 0.15) is 54.4 Å². The molecular formula is C19H38N2O5Si. The van der Waals surface area contributed by atoms with E-state index >= 15 is 0 Å². The zero-order valence-corrected chi connectivity index (χ0v) is 19.5. The van der Waals surface area contributed by atoms with Gasteiger partial charge < -0.3 is 19.6 Å². The first-order valence-electron chi connectivity index (χ1n) is 9.69. The van der Waals surface area contributed by atoms with Gasteiger partial charge in [-0.3, -0.25) is 9.69 Å². The molecule has 0 radical (unpaired) electrons. The smallest absolute Gasteiger partial charge is 0.412 e. The fraction of sp³-hybridized carbons (Fsp3) is 0.895. The van der Waals surface area contributed by atoms with E-state index in [4.69, 9.17) is 9.16 Å². The van der Waals surface area contributed by atoms with Crippen LogP contribution in [0, 0.1) is 11.3 Å². The predicted molar refractivity (Wildman–Crippen MR) is 108 cm³/mol. The SMILES string of the molecule is CNC(=O)C[C@@H](O)[C@@]1(O[SiH](C)C)C[C@H](C(C)(C)C)CN1C(=O)OC(C)(C)C. The van der Waals surface area contributed by atoms with Crippen LogP contribution < -0.4 is 5.32 Å². The third kappa shape index (κ3) is 6.19. The van der Waals surface area contributed by atoms with Crippen LogP contribution in [0.5, 0.6) is 0 Å². The van der Waals surface area contributed by atoms with Crippen molar-refractivity contribution in [1.29, 1.82) is 0 Å². The third-order valence-electron chi connectivity index (χ3n) is 4.86. The van der Waals surface area contributed by atoms with Crippen LogP contribution in [-0.2, 0) is 14.0 Å². The second-order valence-corrected chi connectivity index (χ2v) is 12.1. The predicted octanol–water partition coefficient (Wildman–Crippen LogP) is 2.48. The van der Waals surface area contributed by atoms with Gasteiger partial charge in [0.15, 0.2) is 14.8 Å². The van der Waals surface area contributed by atoms with Crippen LogP contribution in [-0.4, -0.2) is 62.1 Å². The second kappa shape index (κ2) is 8.49. The van der Waals surface area contributed by atoms with Crippen LogP contribution >= 0.6 is 0 Å². The van der Waals surface area contributed by atoms with Crippen molar-refractivity contribution in [2.24, 2.45) is 11.3 Å². The number of carbonyl (C=O) groups is 2. The van der Waals surface area contributed by atoms with E-state index in [2.05, 4.69) is 26.1 Å². The van der Waals surface area contributed by atoms with Crippen LogP contribution in [0.3, 0.4) is 0 Å². The molecule has 7 nitrogen and oxygen atoms in total. The van der Waals surface area contributed by atoms with E-state index in [0.29, 0.717) is 13.0 Å². The molecule has 0 aromatic rings. The van der Waals surface area contributed by atoms with Crippen LogP contribution in [0.2, 0.25) is 13.1 Å². The maximum absolute atomic E-state index is 13.0. The summed E-state index contributed by atoms with van der Waals surface area (Å²) in [5, 5.41) is 13.6. The Morgan fingerprint density at radius 1 is 1.26 bits per heavy atom. The highest BCUT2D eigenvalue weighted by molar-refractivity contribution is 6.48. The van der Waals surface area contributed by atoms with Crippen LogP contribution in [0.15, 0.2) is 0 Å². The molecule has 0 unspecified atom stereocenters. The second-order valence-electron chi connectivity index (χ2n) is 9.76. The third-order valence-corrected chi connectivity index (χ3v) is 5.73. The van der Waals surface area contributed by atoms with E-state index in [9.17, 15) is 14.7 Å². The van der Waals surface area contributed by atoms with Crippen molar-refractivity contribution in [3.63, 3.8) is 0 Å². The molecule has 1 rings (SSSR count). The number of nitrogens with zero attached hydrogens (tertiary/aromatic N) is 1. The lowest BCUT2D eigenvalue weighted by Crippen LogP contribution is -2.60. The molecule has 0 saturated carbocycles. The number of amides is 2. The number of aliphatic hydroxyl groups excluding tert-OH is 1. The Balaban J connectivity index is 3.36. The fourth-order valence-electron chi connectivity index (χ4n) is 3.38. The number of hydrogen-bond donors (Lipinski definition) is 2. The summed E-state index contributed by atoms with van der Waals surface area (Å²) in [4.78, 5) is 26.5. The van der Waals surface area contributed by atoms with Crippen molar-refractivity contribution in [1.82, 2.24) is 10.2 Å². The van der Waals surface area contributed by atoms with E-state index in [1.165, 1.54) is 11.9 Å². The number of rotatable bonds is 5. The number of carbonyl (C=O) groups excluding carboxylic acids is 2. The monoisotopic (exact) mass is 402 g/mol. The summed E-state index contributed by atoms with van der Waals surface area (Å²) in [7, 11) is -0.130. The van der Waals surface area contributed by atoms with Crippen molar-refractivity contribution in [3.05, 3.63) is 0 Å². The molecule has 8 heteroatoms.